The van der Waals surface area contributed by atoms with Crippen LogP contribution in [0.4, 0.5) is 13.2 Å². The smallest absolute Gasteiger partial charge is 0.349 e. The van der Waals surface area contributed by atoms with Crippen molar-refractivity contribution in [2.45, 2.75) is 58.8 Å². The van der Waals surface area contributed by atoms with E-state index in [4.69, 9.17) is 10.00 Å². The maximum absolute atomic E-state index is 14.6. The molecule has 0 bridgehead atoms. The molecule has 2 aromatic carbocycles. The molecule has 6 heteroatoms. The predicted octanol–water partition coefficient (Wildman–Crippen LogP) is 6.98. The average molecular weight is 444 g/mol. The third kappa shape index (κ3) is 5.70. The molecule has 0 aromatic heterocycles. The fourth-order valence-electron chi connectivity index (χ4n) is 4.74. The number of carbonyl (C=O) groups excluding carboxylic acids is 1. The number of ether oxygens (including phenoxy) is 1. The first kappa shape index (κ1) is 23.8. The number of benzene rings is 2. The Morgan fingerprint density at radius 2 is 1.75 bits per heavy atom. The fraction of sp³-hybridized carbons (Fsp3) is 0.462. The second-order valence-electron chi connectivity index (χ2n) is 8.83. The Hall–Kier alpha value is -2.81. The highest BCUT2D eigenvalue weighted by atomic mass is 19.1. The van der Waals surface area contributed by atoms with Gasteiger partial charge in [0.1, 0.15) is 34.8 Å². The lowest BCUT2D eigenvalue weighted by Gasteiger charge is -2.32. The molecule has 2 aromatic rings. The standard InChI is InChI=1S/C26H28F3NO2/c1-3-4-17-5-7-19(8-6-17)16(2)11-18-12-23(28)25(24(29)13-18)26(31)32-21-10-9-20(15-30)22(27)14-21/h9-10,12-14,16-17,19H,3-8,11H2,1-2H3. The number of hydrogen-bond acceptors (Lipinski definition) is 3. The molecule has 0 N–H and O–H groups in total. The molecule has 0 spiro atoms. The highest BCUT2D eigenvalue weighted by molar-refractivity contribution is 5.91. The summed E-state index contributed by atoms with van der Waals surface area (Å²) in [7, 11) is 0. The minimum absolute atomic E-state index is 0.223. The number of hydrogen-bond donors (Lipinski definition) is 0. The molecule has 32 heavy (non-hydrogen) atoms. The van der Waals surface area contributed by atoms with Crippen molar-refractivity contribution in [1.82, 2.24) is 0 Å². The van der Waals surface area contributed by atoms with Crippen molar-refractivity contribution in [3.05, 3.63) is 64.5 Å². The molecule has 3 nitrogen and oxygen atoms in total. The molecule has 0 aliphatic heterocycles. The molecule has 1 saturated carbocycles. The van der Waals surface area contributed by atoms with Crippen LogP contribution in [0.2, 0.25) is 0 Å². The van der Waals surface area contributed by atoms with Gasteiger partial charge in [-0.05, 0) is 66.8 Å². The van der Waals surface area contributed by atoms with Crippen LogP contribution in [0.3, 0.4) is 0 Å². The molecular weight excluding hydrogens is 415 g/mol. The molecular formula is C26H28F3NO2. The van der Waals surface area contributed by atoms with Crippen molar-refractivity contribution in [2.75, 3.05) is 0 Å². The van der Waals surface area contributed by atoms with Gasteiger partial charge in [-0.2, -0.15) is 5.26 Å². The fourth-order valence-corrected chi connectivity index (χ4v) is 4.74. The van der Waals surface area contributed by atoms with E-state index in [1.165, 1.54) is 43.9 Å². The summed E-state index contributed by atoms with van der Waals surface area (Å²) in [5.41, 5.74) is -0.533. The molecule has 0 amide bonds. The van der Waals surface area contributed by atoms with Crippen molar-refractivity contribution in [3.8, 4) is 11.8 Å². The Kier molecular flexibility index (Phi) is 7.95. The van der Waals surface area contributed by atoms with Crippen molar-refractivity contribution in [3.63, 3.8) is 0 Å². The zero-order valence-electron chi connectivity index (χ0n) is 18.5. The Labute approximate surface area is 187 Å². The second-order valence-corrected chi connectivity index (χ2v) is 8.83. The van der Waals surface area contributed by atoms with Gasteiger partial charge in [-0.3, -0.25) is 0 Å². The molecule has 0 radical (unpaired) electrons. The lowest BCUT2D eigenvalue weighted by molar-refractivity contribution is 0.0724. The minimum atomic E-state index is -1.25. The van der Waals surface area contributed by atoms with Crippen molar-refractivity contribution >= 4 is 5.97 Å². The Morgan fingerprint density at radius 1 is 1.09 bits per heavy atom. The minimum Gasteiger partial charge on any atom is -0.423 e. The van der Waals surface area contributed by atoms with Crippen LogP contribution in [0, 0.1) is 46.5 Å². The number of nitriles is 1. The first-order valence-electron chi connectivity index (χ1n) is 11.2. The van der Waals surface area contributed by atoms with E-state index in [1.54, 1.807) is 6.07 Å². The molecule has 1 aliphatic carbocycles. The number of rotatable bonds is 7. The number of esters is 1. The maximum Gasteiger partial charge on any atom is 0.349 e. The summed E-state index contributed by atoms with van der Waals surface area (Å²) in [4.78, 5) is 12.3. The van der Waals surface area contributed by atoms with Crippen LogP contribution >= 0.6 is 0 Å². The van der Waals surface area contributed by atoms with Crippen LogP contribution in [0.25, 0.3) is 0 Å². The molecule has 1 atom stereocenters. The van der Waals surface area contributed by atoms with Crippen molar-refractivity contribution < 1.29 is 22.7 Å². The highest BCUT2D eigenvalue weighted by Gasteiger charge is 2.26. The first-order valence-corrected chi connectivity index (χ1v) is 11.2. The Bertz CT molecular complexity index is 984. The van der Waals surface area contributed by atoms with Gasteiger partial charge in [0.05, 0.1) is 5.56 Å². The van der Waals surface area contributed by atoms with Gasteiger partial charge in [0.2, 0.25) is 0 Å². The second kappa shape index (κ2) is 10.7. The van der Waals surface area contributed by atoms with Gasteiger partial charge < -0.3 is 4.74 Å². The number of carbonyl (C=O) groups is 1. The van der Waals surface area contributed by atoms with Crippen molar-refractivity contribution in [2.24, 2.45) is 17.8 Å². The van der Waals surface area contributed by atoms with Gasteiger partial charge in [0.15, 0.2) is 0 Å². The van der Waals surface area contributed by atoms with E-state index in [0.29, 0.717) is 17.9 Å². The van der Waals surface area contributed by atoms with Crippen LogP contribution in [-0.2, 0) is 6.42 Å². The van der Waals surface area contributed by atoms with Crippen LogP contribution in [0.5, 0.6) is 5.75 Å². The monoisotopic (exact) mass is 443 g/mol. The molecule has 1 unspecified atom stereocenters. The average Bonchev–Trinajstić information content (AvgIpc) is 2.74. The molecule has 0 saturated heterocycles. The SMILES string of the molecule is CCCC1CCC(C(C)Cc2cc(F)c(C(=O)Oc3ccc(C#N)c(F)c3)c(F)c2)CC1. The molecule has 1 fully saturated rings. The topological polar surface area (TPSA) is 50.1 Å². The first-order chi connectivity index (χ1) is 15.3. The summed E-state index contributed by atoms with van der Waals surface area (Å²) in [5, 5.41) is 8.75. The lowest BCUT2D eigenvalue weighted by atomic mass is 9.73. The van der Waals surface area contributed by atoms with E-state index in [9.17, 15) is 18.0 Å². The summed E-state index contributed by atoms with van der Waals surface area (Å²) < 4.78 is 47.9. The zero-order valence-corrected chi connectivity index (χ0v) is 18.5. The summed E-state index contributed by atoms with van der Waals surface area (Å²) >= 11 is 0. The molecule has 170 valence electrons. The van der Waals surface area contributed by atoms with Crippen molar-refractivity contribution in [1.29, 1.82) is 5.26 Å². The van der Waals surface area contributed by atoms with Crippen LogP contribution in [0.15, 0.2) is 30.3 Å². The normalized spacial score (nSPS) is 19.2. The number of halogens is 3. The quantitative estimate of drug-likeness (QED) is 0.343. The largest absolute Gasteiger partial charge is 0.423 e. The van der Waals surface area contributed by atoms with Gasteiger partial charge in [-0.15, -0.1) is 0 Å². The highest BCUT2D eigenvalue weighted by Crippen LogP contribution is 2.36. The van der Waals surface area contributed by atoms with Gasteiger partial charge in [-0.25, -0.2) is 18.0 Å². The third-order valence-electron chi connectivity index (χ3n) is 6.53. The molecule has 3 rings (SSSR count). The van der Waals surface area contributed by atoms with Gasteiger partial charge in [-0.1, -0.05) is 39.5 Å². The van der Waals surface area contributed by atoms with E-state index in [2.05, 4.69) is 13.8 Å². The Balaban J connectivity index is 1.66. The Morgan fingerprint density at radius 3 is 2.31 bits per heavy atom. The zero-order chi connectivity index (χ0) is 23.3. The van der Waals surface area contributed by atoms with E-state index >= 15 is 0 Å². The predicted molar refractivity (Wildman–Crippen MR) is 116 cm³/mol. The molecule has 0 heterocycles. The van der Waals surface area contributed by atoms with Crippen LogP contribution < -0.4 is 4.74 Å². The third-order valence-corrected chi connectivity index (χ3v) is 6.53. The lowest BCUT2D eigenvalue weighted by Crippen LogP contribution is -2.22. The van der Waals surface area contributed by atoms with E-state index in [0.717, 1.165) is 30.9 Å². The summed E-state index contributed by atoms with van der Waals surface area (Å²) in [6, 6.07) is 7.16. The van der Waals surface area contributed by atoms with Crippen LogP contribution in [0.1, 0.15) is 73.9 Å². The van der Waals surface area contributed by atoms with E-state index in [1.807, 2.05) is 0 Å². The number of nitrogens with zero attached hydrogens (tertiary/aromatic N) is 1. The van der Waals surface area contributed by atoms with Crippen LogP contribution in [-0.4, -0.2) is 5.97 Å². The van der Waals surface area contributed by atoms with E-state index in [-0.39, 0.29) is 17.2 Å². The van der Waals surface area contributed by atoms with Gasteiger partial charge >= 0.3 is 5.97 Å². The van der Waals surface area contributed by atoms with Gasteiger partial charge in [0, 0.05) is 6.07 Å². The molecule has 1 aliphatic rings. The van der Waals surface area contributed by atoms with E-state index < -0.39 is 29.0 Å². The summed E-state index contributed by atoms with van der Waals surface area (Å²) in [5.74, 6) is -2.75. The maximum atomic E-state index is 14.6. The summed E-state index contributed by atoms with van der Waals surface area (Å²) in [6.07, 6.45) is 7.72. The summed E-state index contributed by atoms with van der Waals surface area (Å²) in [6.45, 7) is 4.32. The van der Waals surface area contributed by atoms with Gasteiger partial charge in [0.25, 0.3) is 0 Å².